The second kappa shape index (κ2) is 15.4. The summed E-state index contributed by atoms with van der Waals surface area (Å²) in [5.74, 6) is -7.00. The minimum atomic E-state index is -4.15. The zero-order chi connectivity index (χ0) is 36.1. The number of unbranched alkanes of at least 4 members (excludes halogenated alkanes) is 2. The lowest BCUT2D eigenvalue weighted by Crippen LogP contribution is -2.21. The van der Waals surface area contributed by atoms with Crippen LogP contribution >= 0.6 is 0 Å². The van der Waals surface area contributed by atoms with Crippen molar-refractivity contribution in [2.24, 2.45) is 0 Å². The highest BCUT2D eigenvalue weighted by molar-refractivity contribution is 5.71. The highest BCUT2D eigenvalue weighted by Gasteiger charge is 2.36. The minimum absolute atomic E-state index is 0.0525. The summed E-state index contributed by atoms with van der Waals surface area (Å²) < 4.78 is 138. The van der Waals surface area contributed by atoms with E-state index in [1.807, 2.05) is 0 Å². The van der Waals surface area contributed by atoms with E-state index in [9.17, 15) is 35.1 Å². The van der Waals surface area contributed by atoms with E-state index in [1.165, 1.54) is 48.5 Å². The molecule has 0 saturated heterocycles. The highest BCUT2D eigenvalue weighted by Crippen LogP contribution is 2.36. The largest absolute Gasteiger partial charge is 0.429 e. The lowest BCUT2D eigenvalue weighted by Gasteiger charge is -2.19. The van der Waals surface area contributed by atoms with E-state index in [2.05, 4.69) is 11.7 Å². The monoisotopic (exact) mass is 702 g/mol. The highest BCUT2D eigenvalue weighted by atomic mass is 19.3. The van der Waals surface area contributed by atoms with Crippen molar-refractivity contribution in [1.82, 2.24) is 0 Å². The van der Waals surface area contributed by atoms with E-state index in [-0.39, 0.29) is 28.0 Å². The summed E-state index contributed by atoms with van der Waals surface area (Å²) in [7, 11) is 0. The van der Waals surface area contributed by atoms with E-state index < -0.39 is 59.9 Å². The molecule has 0 bridgehead atoms. The Balaban J connectivity index is 1.22. The summed E-state index contributed by atoms with van der Waals surface area (Å²) in [5, 5.41) is 0. The second-order valence-corrected chi connectivity index (χ2v) is 11.7. The molecule has 0 fully saturated rings. The Bertz CT molecular complexity index is 1900. The molecule has 5 aromatic rings. The van der Waals surface area contributed by atoms with Crippen molar-refractivity contribution in [1.29, 1.82) is 0 Å². The molecule has 0 amide bonds. The van der Waals surface area contributed by atoms with Gasteiger partial charge in [0.2, 0.25) is 0 Å². The zero-order valence-corrected chi connectivity index (χ0v) is 26.7. The van der Waals surface area contributed by atoms with E-state index in [0.29, 0.717) is 29.3 Å². The average molecular weight is 703 g/mol. The molecule has 5 aromatic carbocycles. The maximum atomic E-state index is 15.2. The van der Waals surface area contributed by atoms with Crippen LogP contribution in [0.5, 0.6) is 5.75 Å². The third-order valence-corrected chi connectivity index (χ3v) is 8.07. The molecule has 0 unspecified atom stereocenters. The van der Waals surface area contributed by atoms with Gasteiger partial charge in [0.05, 0.1) is 17.7 Å². The smallest absolute Gasteiger partial charge is 0.426 e. The Morgan fingerprint density at radius 1 is 0.540 bits per heavy atom. The van der Waals surface area contributed by atoms with Crippen molar-refractivity contribution in [3.05, 3.63) is 148 Å². The first-order valence-electron chi connectivity index (χ1n) is 15.8. The van der Waals surface area contributed by atoms with Crippen LogP contribution < -0.4 is 4.74 Å². The second-order valence-electron chi connectivity index (χ2n) is 11.7. The maximum Gasteiger partial charge on any atom is 0.426 e. The molecule has 0 N–H and O–H groups in total. The van der Waals surface area contributed by atoms with E-state index >= 15 is 4.39 Å². The molecule has 0 atom stereocenters. The Morgan fingerprint density at radius 3 is 1.78 bits per heavy atom. The van der Waals surface area contributed by atoms with Gasteiger partial charge in [-0.2, -0.15) is 17.6 Å². The van der Waals surface area contributed by atoms with Gasteiger partial charge in [-0.3, -0.25) is 0 Å². The molecule has 0 spiro atoms. The number of halogens is 9. The van der Waals surface area contributed by atoms with Gasteiger partial charge in [-0.1, -0.05) is 62.2 Å². The van der Waals surface area contributed by atoms with Gasteiger partial charge in [-0.15, -0.1) is 0 Å². The van der Waals surface area contributed by atoms with E-state index in [4.69, 9.17) is 4.74 Å². The molecule has 2 nitrogen and oxygen atoms in total. The topological polar surface area (TPSA) is 18.5 Å². The first-order chi connectivity index (χ1) is 23.8. The van der Waals surface area contributed by atoms with Crippen LogP contribution in [-0.2, 0) is 29.8 Å². The van der Waals surface area contributed by atoms with Gasteiger partial charge in [0.25, 0.3) is 0 Å². The number of hydrogen-bond acceptors (Lipinski definition) is 2. The predicted molar refractivity (Wildman–Crippen MR) is 171 cm³/mol. The van der Waals surface area contributed by atoms with Crippen LogP contribution in [0.3, 0.4) is 0 Å². The van der Waals surface area contributed by atoms with Crippen LogP contribution in [-0.4, -0.2) is 6.61 Å². The molecule has 0 heterocycles. The van der Waals surface area contributed by atoms with Crippen molar-refractivity contribution in [2.45, 2.75) is 51.2 Å². The Hall–Kier alpha value is -4.77. The molecule has 5 rings (SSSR count). The molecular formula is C39H31F9O2. The van der Waals surface area contributed by atoms with Gasteiger partial charge in [0.1, 0.15) is 17.4 Å². The maximum absolute atomic E-state index is 15.2. The molecule has 262 valence electrons. The number of alkyl halides is 4. The van der Waals surface area contributed by atoms with Crippen molar-refractivity contribution >= 4 is 0 Å². The van der Waals surface area contributed by atoms with Crippen molar-refractivity contribution in [3.63, 3.8) is 0 Å². The average Bonchev–Trinajstić information content (AvgIpc) is 3.07. The summed E-state index contributed by atoms with van der Waals surface area (Å²) in [6.07, 6.45) is -4.26. The van der Waals surface area contributed by atoms with Gasteiger partial charge < -0.3 is 9.47 Å². The van der Waals surface area contributed by atoms with Crippen molar-refractivity contribution in [3.8, 4) is 28.0 Å². The summed E-state index contributed by atoms with van der Waals surface area (Å²) in [5.41, 5.74) is 0.0493. The van der Waals surface area contributed by atoms with Gasteiger partial charge in [-0.05, 0) is 102 Å². The Labute approximate surface area is 283 Å². The third kappa shape index (κ3) is 8.68. The van der Waals surface area contributed by atoms with Gasteiger partial charge in [-0.25, -0.2) is 22.0 Å². The lowest BCUT2D eigenvalue weighted by molar-refractivity contribution is -0.249. The number of rotatable bonds is 14. The number of hydrogen-bond donors (Lipinski definition) is 0. The van der Waals surface area contributed by atoms with Gasteiger partial charge >= 0.3 is 12.2 Å². The number of benzene rings is 5. The van der Waals surface area contributed by atoms with Crippen LogP contribution in [0.15, 0.2) is 97.1 Å². The van der Waals surface area contributed by atoms with Crippen LogP contribution in [0.25, 0.3) is 22.3 Å². The van der Waals surface area contributed by atoms with Crippen LogP contribution in [0.2, 0.25) is 0 Å². The Morgan fingerprint density at radius 2 is 1.16 bits per heavy atom. The third-order valence-electron chi connectivity index (χ3n) is 8.07. The van der Waals surface area contributed by atoms with E-state index in [1.54, 1.807) is 12.1 Å². The van der Waals surface area contributed by atoms with Crippen molar-refractivity contribution < 1.29 is 49.0 Å². The molecule has 0 saturated carbocycles. The van der Waals surface area contributed by atoms with Crippen molar-refractivity contribution in [2.75, 3.05) is 6.61 Å². The SMILES string of the molecule is CCCCCc1ccc(C(F)(F)Oc2ccc(-c3ccc(-c4ccc(C(F)(F)OCCc5cc(F)c(F)c(F)c5)c(F)c4)c(F)c3)cc2)cc1. The molecule has 50 heavy (non-hydrogen) atoms. The first-order valence-corrected chi connectivity index (χ1v) is 15.8. The van der Waals surface area contributed by atoms with Crippen LogP contribution in [0.1, 0.15) is 48.4 Å². The number of aryl methyl sites for hydroxylation is 1. The summed E-state index contributed by atoms with van der Waals surface area (Å²) in [6, 6.07) is 19.3. The Kier molecular flexibility index (Phi) is 11.3. The molecule has 0 aliphatic carbocycles. The molecule has 0 aromatic heterocycles. The fourth-order valence-corrected chi connectivity index (χ4v) is 5.34. The summed E-state index contributed by atoms with van der Waals surface area (Å²) >= 11 is 0. The summed E-state index contributed by atoms with van der Waals surface area (Å²) in [6.45, 7) is 1.31. The molecule has 0 aliphatic heterocycles. The molecule has 11 heteroatoms. The van der Waals surface area contributed by atoms with E-state index in [0.717, 1.165) is 49.4 Å². The lowest BCUT2D eigenvalue weighted by atomic mass is 9.98. The zero-order valence-electron chi connectivity index (χ0n) is 26.7. The van der Waals surface area contributed by atoms with Crippen LogP contribution in [0, 0.1) is 29.1 Å². The molecule has 0 aliphatic rings. The normalized spacial score (nSPS) is 12.0. The van der Waals surface area contributed by atoms with Gasteiger partial charge in [0, 0.05) is 5.56 Å². The quantitative estimate of drug-likeness (QED) is 0.0652. The fraction of sp³-hybridized carbons (Fsp3) is 0.231. The predicted octanol–water partition coefficient (Wildman–Crippen LogP) is 11.9. The minimum Gasteiger partial charge on any atom is -0.429 e. The van der Waals surface area contributed by atoms with Crippen LogP contribution in [0.4, 0.5) is 39.5 Å². The first kappa shape index (κ1) is 36.5. The fourth-order valence-electron chi connectivity index (χ4n) is 5.34. The molecular weight excluding hydrogens is 671 g/mol. The number of ether oxygens (including phenoxy) is 2. The summed E-state index contributed by atoms with van der Waals surface area (Å²) in [4.78, 5) is 0. The standard InChI is InChI=1S/C39H31F9O2/c1-2-3-4-5-24-6-12-29(13-7-24)38(45,46)50-30-14-8-26(9-15-30)27-10-16-31(33(40)22-27)28-11-17-32(34(41)23-28)39(47,48)49-19-18-25-20-35(42)37(44)36(43)21-25/h6-17,20-23H,2-5,18-19H2,1H3. The van der Waals surface area contributed by atoms with Gasteiger partial charge in [0.15, 0.2) is 17.5 Å². The molecule has 0 radical (unpaired) electrons.